The molecule has 1 amide bonds. The highest BCUT2D eigenvalue weighted by Crippen LogP contribution is 2.34. The van der Waals surface area contributed by atoms with Gasteiger partial charge in [-0.05, 0) is 69.7 Å². The summed E-state index contributed by atoms with van der Waals surface area (Å²) >= 11 is 1.80. The first-order chi connectivity index (χ1) is 12.7. The molecule has 1 saturated carbocycles. The highest BCUT2D eigenvalue weighted by atomic mass is 32.2. The smallest absolute Gasteiger partial charge is 0.243 e. The van der Waals surface area contributed by atoms with Gasteiger partial charge in [0.25, 0.3) is 0 Å². The molecule has 1 aromatic rings. The van der Waals surface area contributed by atoms with Gasteiger partial charge in [0, 0.05) is 17.5 Å². The summed E-state index contributed by atoms with van der Waals surface area (Å²) in [5, 5.41) is 4.16. The molecule has 2 aliphatic rings. The molecule has 27 heavy (non-hydrogen) atoms. The van der Waals surface area contributed by atoms with Crippen LogP contribution in [-0.2, 0) is 4.79 Å². The summed E-state index contributed by atoms with van der Waals surface area (Å²) in [6.45, 7) is 11.2. The number of nitrogens with one attached hydrogen (secondary N) is 1. The number of benzene rings is 1. The quantitative estimate of drug-likeness (QED) is 0.790. The minimum Gasteiger partial charge on any atom is -0.339 e. The normalized spacial score (nSPS) is 24.4. The second-order valence-corrected chi connectivity index (χ2v) is 9.82. The van der Waals surface area contributed by atoms with Crippen molar-refractivity contribution in [1.29, 1.82) is 0 Å². The summed E-state index contributed by atoms with van der Waals surface area (Å²) < 4.78 is 0. The molecule has 1 aliphatic heterocycles. The van der Waals surface area contributed by atoms with Gasteiger partial charge in [0.1, 0.15) is 0 Å². The van der Waals surface area contributed by atoms with Gasteiger partial charge in [-0.15, -0.1) is 0 Å². The number of aliphatic imine (C=N–C) groups is 1. The van der Waals surface area contributed by atoms with Crippen LogP contribution in [0.2, 0.25) is 0 Å². The van der Waals surface area contributed by atoms with E-state index in [4.69, 9.17) is 4.99 Å². The van der Waals surface area contributed by atoms with Crippen molar-refractivity contribution in [2.45, 2.75) is 71.9 Å². The molecule has 2 atom stereocenters. The molecule has 4 nitrogen and oxygen atoms in total. The van der Waals surface area contributed by atoms with Gasteiger partial charge < -0.3 is 10.2 Å². The molecule has 1 fully saturated rings. The zero-order valence-corrected chi connectivity index (χ0v) is 18.2. The van der Waals surface area contributed by atoms with Crippen LogP contribution in [0, 0.1) is 19.8 Å². The van der Waals surface area contributed by atoms with Gasteiger partial charge >= 0.3 is 0 Å². The summed E-state index contributed by atoms with van der Waals surface area (Å²) in [6, 6.07) is 6.59. The molecule has 1 heterocycles. The van der Waals surface area contributed by atoms with E-state index >= 15 is 0 Å². The number of carbonyl (C=O) groups is 1. The number of hydrogen-bond donors (Lipinski definition) is 1. The molecule has 3 rings (SSSR count). The molecule has 0 spiro atoms. The third-order valence-corrected chi connectivity index (χ3v) is 6.92. The Hall–Kier alpha value is -1.49. The van der Waals surface area contributed by atoms with Gasteiger partial charge in [0.15, 0.2) is 5.17 Å². The van der Waals surface area contributed by atoms with E-state index in [9.17, 15) is 4.79 Å². The number of aryl methyl sites for hydroxylation is 2. The Morgan fingerprint density at radius 3 is 2.48 bits per heavy atom. The standard InChI is InChI=1S/C22H33N3OS/c1-15-10-16(2)12-18(11-15)23-20(26)13-25(19-9-7-6-8-17(19)3)21-24-22(4,5)14-27-21/h10-12,17,19H,6-9,13-14H2,1-5H3,(H,23,26)/t17-,19-/m1/s1. The zero-order chi connectivity index (χ0) is 19.6. The summed E-state index contributed by atoms with van der Waals surface area (Å²) in [6.07, 6.45) is 4.93. The number of nitrogens with zero attached hydrogens (tertiary/aromatic N) is 2. The number of thioether (sulfide) groups is 1. The third kappa shape index (κ3) is 5.28. The molecule has 0 unspecified atom stereocenters. The lowest BCUT2D eigenvalue weighted by Gasteiger charge is -2.39. The Balaban J connectivity index is 1.77. The van der Waals surface area contributed by atoms with Crippen LogP contribution in [0.5, 0.6) is 0 Å². The van der Waals surface area contributed by atoms with Crippen LogP contribution in [0.15, 0.2) is 23.2 Å². The first kappa shape index (κ1) is 20.2. The predicted molar refractivity (Wildman–Crippen MR) is 117 cm³/mol. The Morgan fingerprint density at radius 1 is 1.22 bits per heavy atom. The Labute approximate surface area is 168 Å². The lowest BCUT2D eigenvalue weighted by Crippen LogP contribution is -2.47. The van der Waals surface area contributed by atoms with Crippen molar-refractivity contribution in [2.24, 2.45) is 10.9 Å². The lowest BCUT2D eigenvalue weighted by molar-refractivity contribution is -0.117. The number of rotatable bonds is 4. The van der Waals surface area contributed by atoms with Crippen LogP contribution in [-0.4, -0.2) is 39.9 Å². The van der Waals surface area contributed by atoms with E-state index in [1.54, 1.807) is 11.8 Å². The summed E-state index contributed by atoms with van der Waals surface area (Å²) in [5.41, 5.74) is 3.18. The molecule has 0 radical (unpaired) electrons. The maximum Gasteiger partial charge on any atom is 0.243 e. The van der Waals surface area contributed by atoms with E-state index in [1.165, 1.54) is 30.4 Å². The molecular formula is C22H33N3OS. The monoisotopic (exact) mass is 387 g/mol. The first-order valence-corrected chi connectivity index (χ1v) is 11.1. The summed E-state index contributed by atoms with van der Waals surface area (Å²) in [5.74, 6) is 1.63. The van der Waals surface area contributed by atoms with Crippen molar-refractivity contribution in [3.8, 4) is 0 Å². The van der Waals surface area contributed by atoms with Crippen LogP contribution >= 0.6 is 11.8 Å². The number of hydrogen-bond acceptors (Lipinski definition) is 4. The van der Waals surface area contributed by atoms with Crippen molar-refractivity contribution in [2.75, 3.05) is 17.6 Å². The van der Waals surface area contributed by atoms with Crippen molar-refractivity contribution < 1.29 is 4.79 Å². The highest BCUT2D eigenvalue weighted by Gasteiger charge is 2.35. The molecule has 5 heteroatoms. The van der Waals surface area contributed by atoms with Crippen molar-refractivity contribution in [3.05, 3.63) is 29.3 Å². The van der Waals surface area contributed by atoms with Gasteiger partial charge in [-0.1, -0.05) is 37.6 Å². The fraction of sp³-hybridized carbons (Fsp3) is 0.636. The molecule has 148 valence electrons. The number of carbonyl (C=O) groups excluding carboxylic acids is 1. The van der Waals surface area contributed by atoms with Crippen LogP contribution in [0.4, 0.5) is 5.69 Å². The second kappa shape index (κ2) is 8.26. The molecule has 0 aromatic heterocycles. The largest absolute Gasteiger partial charge is 0.339 e. The molecule has 0 saturated heterocycles. The second-order valence-electron chi connectivity index (χ2n) is 8.88. The SMILES string of the molecule is Cc1cc(C)cc(NC(=O)CN(C2=NC(C)(C)CS2)[C@@H]2CCCC[C@H]2C)c1. The van der Waals surface area contributed by atoms with Gasteiger partial charge in [-0.3, -0.25) is 9.79 Å². The Kier molecular flexibility index (Phi) is 6.19. The Bertz CT molecular complexity index is 708. The molecule has 1 aliphatic carbocycles. The van der Waals surface area contributed by atoms with Gasteiger partial charge in [0.2, 0.25) is 5.91 Å². The minimum absolute atomic E-state index is 0.0414. The molecular weight excluding hydrogens is 354 g/mol. The summed E-state index contributed by atoms with van der Waals surface area (Å²) in [7, 11) is 0. The highest BCUT2D eigenvalue weighted by molar-refractivity contribution is 8.14. The maximum atomic E-state index is 12.9. The van der Waals surface area contributed by atoms with E-state index in [2.05, 4.69) is 50.9 Å². The van der Waals surface area contributed by atoms with E-state index in [-0.39, 0.29) is 11.4 Å². The minimum atomic E-state index is -0.0414. The maximum absolute atomic E-state index is 12.9. The van der Waals surface area contributed by atoms with Crippen molar-refractivity contribution >= 4 is 28.5 Å². The third-order valence-electron chi connectivity index (χ3n) is 5.48. The van der Waals surface area contributed by atoms with E-state index in [0.717, 1.165) is 23.0 Å². The lowest BCUT2D eigenvalue weighted by atomic mass is 9.85. The van der Waals surface area contributed by atoms with Crippen LogP contribution in [0.3, 0.4) is 0 Å². The average Bonchev–Trinajstić information content (AvgIpc) is 2.92. The van der Waals surface area contributed by atoms with Crippen LogP contribution in [0.25, 0.3) is 0 Å². The molecule has 0 bridgehead atoms. The zero-order valence-electron chi connectivity index (χ0n) is 17.3. The topological polar surface area (TPSA) is 44.7 Å². The fourth-order valence-corrected chi connectivity index (χ4v) is 5.42. The molecule has 1 N–H and O–H groups in total. The number of amides is 1. The van der Waals surface area contributed by atoms with E-state index in [1.807, 2.05) is 12.1 Å². The van der Waals surface area contributed by atoms with Crippen molar-refractivity contribution in [1.82, 2.24) is 4.90 Å². The van der Waals surface area contributed by atoms with Crippen molar-refractivity contribution in [3.63, 3.8) is 0 Å². The first-order valence-electron chi connectivity index (χ1n) is 10.1. The van der Waals surface area contributed by atoms with Gasteiger partial charge in [-0.25, -0.2) is 0 Å². The van der Waals surface area contributed by atoms with Gasteiger partial charge in [-0.2, -0.15) is 0 Å². The average molecular weight is 388 g/mol. The number of amidine groups is 1. The number of anilines is 1. The predicted octanol–water partition coefficient (Wildman–Crippen LogP) is 5.00. The summed E-state index contributed by atoms with van der Waals surface area (Å²) in [4.78, 5) is 20.1. The van der Waals surface area contributed by atoms with Crippen LogP contribution < -0.4 is 5.32 Å². The van der Waals surface area contributed by atoms with Crippen LogP contribution in [0.1, 0.15) is 57.6 Å². The molecule has 1 aromatic carbocycles. The Morgan fingerprint density at radius 2 is 1.89 bits per heavy atom. The van der Waals surface area contributed by atoms with Gasteiger partial charge in [0.05, 0.1) is 12.1 Å². The van der Waals surface area contributed by atoms with E-state index < -0.39 is 0 Å². The fourth-order valence-electron chi connectivity index (χ4n) is 4.20. The van der Waals surface area contributed by atoms with E-state index in [0.29, 0.717) is 18.5 Å².